The van der Waals surface area contributed by atoms with Crippen molar-refractivity contribution < 1.29 is 9.31 Å². The molecular formula is C17H27BO2. The summed E-state index contributed by atoms with van der Waals surface area (Å²) in [6, 6.07) is 8.74. The van der Waals surface area contributed by atoms with Crippen molar-refractivity contribution >= 4 is 12.6 Å². The van der Waals surface area contributed by atoms with E-state index in [0.29, 0.717) is 5.92 Å². The summed E-state index contributed by atoms with van der Waals surface area (Å²) in [6.45, 7) is 12.8. The van der Waals surface area contributed by atoms with E-state index in [-0.39, 0.29) is 18.3 Å². The Labute approximate surface area is 124 Å². The molecule has 20 heavy (non-hydrogen) atoms. The predicted octanol–water partition coefficient (Wildman–Crippen LogP) is 3.89. The smallest absolute Gasteiger partial charge is 0.399 e. The Hall–Kier alpha value is -0.795. The van der Waals surface area contributed by atoms with Crippen molar-refractivity contribution in [3.8, 4) is 0 Å². The third-order valence-electron chi connectivity index (χ3n) is 4.92. The fraction of sp³-hybridized carbons (Fsp3) is 0.647. The monoisotopic (exact) mass is 274 g/mol. The van der Waals surface area contributed by atoms with Crippen LogP contribution in [0.3, 0.4) is 0 Å². The summed E-state index contributed by atoms with van der Waals surface area (Å²) in [6.07, 6.45) is 2.37. The van der Waals surface area contributed by atoms with Gasteiger partial charge in [0, 0.05) is 0 Å². The number of hydrogen-bond acceptors (Lipinski definition) is 2. The molecule has 0 aliphatic carbocycles. The van der Waals surface area contributed by atoms with E-state index >= 15 is 0 Å². The number of hydrogen-bond donors (Lipinski definition) is 0. The zero-order valence-electron chi connectivity index (χ0n) is 13.7. The highest BCUT2D eigenvalue weighted by Gasteiger charge is 2.51. The largest absolute Gasteiger partial charge is 0.494 e. The van der Waals surface area contributed by atoms with Crippen LogP contribution in [0.4, 0.5) is 0 Å². The van der Waals surface area contributed by atoms with E-state index in [1.165, 1.54) is 18.4 Å². The van der Waals surface area contributed by atoms with Crippen molar-refractivity contribution in [1.82, 2.24) is 0 Å². The van der Waals surface area contributed by atoms with Gasteiger partial charge in [0.1, 0.15) is 0 Å². The second-order valence-electron chi connectivity index (χ2n) is 6.77. The molecule has 110 valence electrons. The highest BCUT2D eigenvalue weighted by Crippen LogP contribution is 2.36. The van der Waals surface area contributed by atoms with Crippen molar-refractivity contribution in [2.75, 3.05) is 0 Å². The van der Waals surface area contributed by atoms with Crippen LogP contribution >= 0.6 is 0 Å². The van der Waals surface area contributed by atoms with Crippen LogP contribution < -0.4 is 5.46 Å². The second-order valence-corrected chi connectivity index (χ2v) is 6.77. The summed E-state index contributed by atoms with van der Waals surface area (Å²) in [5.74, 6) is 0.655. The first kappa shape index (κ1) is 15.6. The van der Waals surface area contributed by atoms with E-state index in [1.807, 2.05) is 0 Å². The first-order valence-corrected chi connectivity index (χ1v) is 7.76. The van der Waals surface area contributed by atoms with Gasteiger partial charge in [-0.1, -0.05) is 38.1 Å². The van der Waals surface area contributed by atoms with Crippen molar-refractivity contribution in [2.24, 2.45) is 0 Å². The maximum Gasteiger partial charge on any atom is 0.494 e. The molecule has 1 heterocycles. The summed E-state index contributed by atoms with van der Waals surface area (Å²) >= 11 is 0. The third kappa shape index (κ3) is 2.80. The molecule has 1 aromatic carbocycles. The lowest BCUT2D eigenvalue weighted by molar-refractivity contribution is 0.00578. The van der Waals surface area contributed by atoms with E-state index in [0.717, 1.165) is 5.46 Å². The average molecular weight is 274 g/mol. The van der Waals surface area contributed by atoms with E-state index in [4.69, 9.17) is 9.31 Å². The predicted molar refractivity (Wildman–Crippen MR) is 85.5 cm³/mol. The molecule has 2 rings (SSSR count). The number of benzene rings is 1. The molecule has 1 aromatic rings. The lowest BCUT2D eigenvalue weighted by Crippen LogP contribution is -2.41. The van der Waals surface area contributed by atoms with Gasteiger partial charge in [-0.15, -0.1) is 0 Å². The Balaban J connectivity index is 2.16. The van der Waals surface area contributed by atoms with E-state index in [1.54, 1.807) is 0 Å². The summed E-state index contributed by atoms with van der Waals surface area (Å²) < 4.78 is 12.2. The molecule has 1 fully saturated rings. The molecule has 0 unspecified atom stereocenters. The van der Waals surface area contributed by atoms with E-state index in [2.05, 4.69) is 65.8 Å². The second kappa shape index (κ2) is 5.53. The third-order valence-corrected chi connectivity index (χ3v) is 4.92. The van der Waals surface area contributed by atoms with Crippen LogP contribution in [0.15, 0.2) is 24.3 Å². The molecule has 2 nitrogen and oxygen atoms in total. The SMILES string of the molecule is CCC(CC)c1ccc(B2OC(C)(C)C(C)(C)O2)cc1. The fourth-order valence-electron chi connectivity index (χ4n) is 2.66. The van der Waals surface area contributed by atoms with Gasteiger partial charge in [0.2, 0.25) is 0 Å². The van der Waals surface area contributed by atoms with Crippen molar-refractivity contribution in [3.05, 3.63) is 29.8 Å². The Morgan fingerprint density at radius 2 is 1.35 bits per heavy atom. The quantitative estimate of drug-likeness (QED) is 0.775. The molecular weight excluding hydrogens is 247 g/mol. The molecule has 3 heteroatoms. The molecule has 0 amide bonds. The van der Waals surface area contributed by atoms with Gasteiger partial charge >= 0.3 is 7.12 Å². The van der Waals surface area contributed by atoms with Crippen molar-refractivity contribution in [2.45, 2.75) is 71.5 Å². The highest BCUT2D eigenvalue weighted by molar-refractivity contribution is 6.62. The molecule has 0 aromatic heterocycles. The van der Waals surface area contributed by atoms with Crippen LogP contribution in [0.2, 0.25) is 0 Å². The number of rotatable bonds is 4. The maximum absolute atomic E-state index is 6.08. The highest BCUT2D eigenvalue weighted by atomic mass is 16.7. The Morgan fingerprint density at radius 1 is 0.900 bits per heavy atom. The van der Waals surface area contributed by atoms with Gasteiger partial charge in [-0.25, -0.2) is 0 Å². The lowest BCUT2D eigenvalue weighted by Gasteiger charge is -2.32. The van der Waals surface area contributed by atoms with Gasteiger partial charge in [-0.05, 0) is 57.5 Å². The minimum atomic E-state index is -0.272. The first-order valence-electron chi connectivity index (χ1n) is 7.76. The lowest BCUT2D eigenvalue weighted by atomic mass is 9.78. The van der Waals surface area contributed by atoms with Gasteiger partial charge in [-0.3, -0.25) is 0 Å². The van der Waals surface area contributed by atoms with Crippen LogP contribution in [-0.2, 0) is 9.31 Å². The average Bonchev–Trinajstić information content (AvgIpc) is 2.61. The van der Waals surface area contributed by atoms with Gasteiger partial charge in [0.05, 0.1) is 11.2 Å². The molecule has 0 N–H and O–H groups in total. The van der Waals surface area contributed by atoms with Crippen LogP contribution in [0.5, 0.6) is 0 Å². The Morgan fingerprint density at radius 3 is 1.75 bits per heavy atom. The van der Waals surface area contributed by atoms with Crippen LogP contribution in [-0.4, -0.2) is 18.3 Å². The van der Waals surface area contributed by atoms with Crippen LogP contribution in [0.1, 0.15) is 65.9 Å². The first-order chi connectivity index (χ1) is 9.30. The molecule has 1 aliphatic rings. The van der Waals surface area contributed by atoms with Gasteiger partial charge in [-0.2, -0.15) is 0 Å². The van der Waals surface area contributed by atoms with Crippen LogP contribution in [0, 0.1) is 0 Å². The van der Waals surface area contributed by atoms with E-state index in [9.17, 15) is 0 Å². The minimum absolute atomic E-state index is 0.254. The van der Waals surface area contributed by atoms with Crippen molar-refractivity contribution in [1.29, 1.82) is 0 Å². The van der Waals surface area contributed by atoms with Crippen LogP contribution in [0.25, 0.3) is 0 Å². The van der Waals surface area contributed by atoms with E-state index < -0.39 is 0 Å². The molecule has 0 spiro atoms. The molecule has 1 saturated heterocycles. The minimum Gasteiger partial charge on any atom is -0.399 e. The van der Waals surface area contributed by atoms with Gasteiger partial charge < -0.3 is 9.31 Å². The topological polar surface area (TPSA) is 18.5 Å². The summed E-state index contributed by atoms with van der Waals surface area (Å²) in [5, 5.41) is 0. The maximum atomic E-state index is 6.08. The summed E-state index contributed by atoms with van der Waals surface area (Å²) in [7, 11) is -0.254. The molecule has 0 bridgehead atoms. The van der Waals surface area contributed by atoms with Gasteiger partial charge in [0.25, 0.3) is 0 Å². The zero-order valence-corrected chi connectivity index (χ0v) is 13.7. The summed E-state index contributed by atoms with van der Waals surface area (Å²) in [5.41, 5.74) is 1.98. The Kier molecular flexibility index (Phi) is 4.31. The zero-order chi connectivity index (χ0) is 15.0. The molecule has 0 radical (unpaired) electrons. The molecule has 0 saturated carbocycles. The molecule has 0 atom stereocenters. The van der Waals surface area contributed by atoms with Crippen molar-refractivity contribution in [3.63, 3.8) is 0 Å². The fourth-order valence-corrected chi connectivity index (χ4v) is 2.66. The standard InChI is InChI=1S/C17H27BO2/c1-7-13(8-2)14-9-11-15(12-10-14)18-19-16(3,4)17(5,6)20-18/h9-13H,7-8H2,1-6H3. The molecule has 1 aliphatic heterocycles. The summed E-state index contributed by atoms with van der Waals surface area (Å²) in [4.78, 5) is 0. The van der Waals surface area contributed by atoms with Gasteiger partial charge in [0.15, 0.2) is 0 Å². The normalized spacial score (nSPS) is 20.6. The Bertz CT molecular complexity index is 431.